The molecule has 3 heterocycles. The standard InChI is InChI=1S/C15H17N5S/c1-2-11-6-12-14(16-8-17-15(12)21-11)19-10-3-4-13-9(5-10)7-18-20-13/h6-8,10H,2-5H2,1H3,(H,18,20)(H,16,17,19). The summed E-state index contributed by atoms with van der Waals surface area (Å²) in [6, 6.07) is 2.63. The molecule has 0 fully saturated rings. The van der Waals surface area contributed by atoms with Gasteiger partial charge in [-0.25, -0.2) is 9.97 Å². The number of anilines is 1. The lowest BCUT2D eigenvalue weighted by atomic mass is 9.93. The Morgan fingerprint density at radius 1 is 1.43 bits per heavy atom. The molecular formula is C15H17N5S. The van der Waals surface area contributed by atoms with E-state index in [1.807, 2.05) is 6.20 Å². The van der Waals surface area contributed by atoms with E-state index in [1.165, 1.54) is 16.1 Å². The van der Waals surface area contributed by atoms with Crippen LogP contribution in [0.2, 0.25) is 0 Å². The van der Waals surface area contributed by atoms with Crippen molar-refractivity contribution in [2.24, 2.45) is 0 Å². The van der Waals surface area contributed by atoms with E-state index in [1.54, 1.807) is 17.7 Å². The van der Waals surface area contributed by atoms with Crippen molar-refractivity contribution >= 4 is 27.4 Å². The predicted octanol–water partition coefficient (Wildman–Crippen LogP) is 2.95. The molecule has 108 valence electrons. The normalized spacial score (nSPS) is 17.9. The second-order valence-electron chi connectivity index (χ2n) is 5.47. The molecule has 1 aliphatic rings. The number of thiophene rings is 1. The average Bonchev–Trinajstić information content (AvgIpc) is 3.13. The third kappa shape index (κ3) is 2.29. The van der Waals surface area contributed by atoms with Crippen molar-refractivity contribution in [1.82, 2.24) is 20.2 Å². The Hall–Kier alpha value is -1.95. The number of nitrogens with zero attached hydrogens (tertiary/aromatic N) is 3. The van der Waals surface area contributed by atoms with Crippen LogP contribution in [0, 0.1) is 0 Å². The maximum absolute atomic E-state index is 4.45. The van der Waals surface area contributed by atoms with Gasteiger partial charge in [0.15, 0.2) is 0 Å². The number of rotatable bonds is 3. The van der Waals surface area contributed by atoms with Gasteiger partial charge in [0.2, 0.25) is 0 Å². The molecule has 1 unspecified atom stereocenters. The smallest absolute Gasteiger partial charge is 0.138 e. The van der Waals surface area contributed by atoms with Crippen LogP contribution < -0.4 is 5.32 Å². The molecule has 0 aliphatic heterocycles. The van der Waals surface area contributed by atoms with Crippen LogP contribution in [0.25, 0.3) is 10.2 Å². The third-order valence-corrected chi connectivity index (χ3v) is 5.27. The van der Waals surface area contributed by atoms with E-state index in [0.29, 0.717) is 6.04 Å². The lowest BCUT2D eigenvalue weighted by Crippen LogP contribution is -2.27. The molecular weight excluding hydrogens is 282 g/mol. The molecule has 1 aliphatic carbocycles. The number of aromatic amines is 1. The van der Waals surface area contributed by atoms with Gasteiger partial charge in [-0.2, -0.15) is 5.10 Å². The average molecular weight is 299 g/mol. The maximum atomic E-state index is 4.45. The zero-order valence-electron chi connectivity index (χ0n) is 11.9. The highest BCUT2D eigenvalue weighted by molar-refractivity contribution is 7.18. The molecule has 6 heteroatoms. The molecule has 0 saturated heterocycles. The minimum Gasteiger partial charge on any atom is -0.366 e. The summed E-state index contributed by atoms with van der Waals surface area (Å²) in [6.07, 6.45) is 7.80. The molecule has 0 amide bonds. The number of aryl methyl sites for hydroxylation is 2. The van der Waals surface area contributed by atoms with E-state index >= 15 is 0 Å². The fourth-order valence-corrected chi connectivity index (χ4v) is 3.86. The first-order valence-corrected chi connectivity index (χ1v) is 8.16. The molecule has 3 aromatic rings. The number of nitrogens with one attached hydrogen (secondary N) is 2. The van der Waals surface area contributed by atoms with Crippen molar-refractivity contribution in [1.29, 1.82) is 0 Å². The van der Waals surface area contributed by atoms with Crippen molar-refractivity contribution < 1.29 is 0 Å². The van der Waals surface area contributed by atoms with Gasteiger partial charge in [-0.15, -0.1) is 11.3 Å². The number of hydrogen-bond acceptors (Lipinski definition) is 5. The third-order valence-electron chi connectivity index (χ3n) is 4.09. The number of H-pyrrole nitrogens is 1. The first-order valence-electron chi connectivity index (χ1n) is 7.34. The topological polar surface area (TPSA) is 66.5 Å². The van der Waals surface area contributed by atoms with Gasteiger partial charge in [0.05, 0.1) is 11.6 Å². The van der Waals surface area contributed by atoms with Gasteiger partial charge < -0.3 is 5.32 Å². The lowest BCUT2D eigenvalue weighted by molar-refractivity contribution is 0.603. The van der Waals surface area contributed by atoms with E-state index in [4.69, 9.17) is 0 Å². The Balaban J connectivity index is 1.61. The number of fused-ring (bicyclic) bond motifs is 2. The van der Waals surface area contributed by atoms with Gasteiger partial charge in [0.25, 0.3) is 0 Å². The van der Waals surface area contributed by atoms with Crippen molar-refractivity contribution in [2.45, 2.75) is 38.6 Å². The van der Waals surface area contributed by atoms with Crippen molar-refractivity contribution in [2.75, 3.05) is 5.32 Å². The molecule has 0 bridgehead atoms. The molecule has 3 aromatic heterocycles. The lowest BCUT2D eigenvalue weighted by Gasteiger charge is -2.23. The van der Waals surface area contributed by atoms with Crippen LogP contribution >= 0.6 is 11.3 Å². The minimum atomic E-state index is 0.415. The Labute approximate surface area is 126 Å². The zero-order chi connectivity index (χ0) is 14.2. The summed E-state index contributed by atoms with van der Waals surface area (Å²) in [7, 11) is 0. The van der Waals surface area contributed by atoms with E-state index in [-0.39, 0.29) is 0 Å². The quantitative estimate of drug-likeness (QED) is 0.780. The highest BCUT2D eigenvalue weighted by atomic mass is 32.1. The van der Waals surface area contributed by atoms with Gasteiger partial charge in [-0.05, 0) is 37.3 Å². The van der Waals surface area contributed by atoms with Crippen LogP contribution in [-0.2, 0) is 19.3 Å². The van der Waals surface area contributed by atoms with E-state index in [0.717, 1.165) is 41.7 Å². The van der Waals surface area contributed by atoms with Crippen LogP contribution in [0.1, 0.15) is 29.5 Å². The van der Waals surface area contributed by atoms with Crippen LogP contribution in [0.3, 0.4) is 0 Å². The van der Waals surface area contributed by atoms with Gasteiger partial charge in [-0.3, -0.25) is 5.10 Å². The monoisotopic (exact) mass is 299 g/mol. The molecule has 0 aromatic carbocycles. The zero-order valence-corrected chi connectivity index (χ0v) is 12.7. The highest BCUT2D eigenvalue weighted by Crippen LogP contribution is 2.30. The van der Waals surface area contributed by atoms with Gasteiger partial charge in [0.1, 0.15) is 17.0 Å². The fourth-order valence-electron chi connectivity index (χ4n) is 2.93. The van der Waals surface area contributed by atoms with Crippen molar-refractivity contribution in [3.8, 4) is 0 Å². The summed E-state index contributed by atoms with van der Waals surface area (Å²) in [6.45, 7) is 2.17. The number of hydrogen-bond donors (Lipinski definition) is 2. The van der Waals surface area contributed by atoms with E-state index in [2.05, 4.69) is 38.5 Å². The highest BCUT2D eigenvalue weighted by Gasteiger charge is 2.21. The Morgan fingerprint density at radius 3 is 3.29 bits per heavy atom. The molecule has 0 spiro atoms. The Kier molecular flexibility index (Phi) is 3.11. The molecule has 1 atom stereocenters. The van der Waals surface area contributed by atoms with Crippen LogP contribution in [0.4, 0.5) is 5.82 Å². The van der Waals surface area contributed by atoms with E-state index in [9.17, 15) is 0 Å². The largest absolute Gasteiger partial charge is 0.366 e. The van der Waals surface area contributed by atoms with Gasteiger partial charge >= 0.3 is 0 Å². The Morgan fingerprint density at radius 2 is 2.38 bits per heavy atom. The molecule has 21 heavy (non-hydrogen) atoms. The summed E-state index contributed by atoms with van der Waals surface area (Å²) < 4.78 is 0. The van der Waals surface area contributed by atoms with Gasteiger partial charge in [0, 0.05) is 16.6 Å². The van der Waals surface area contributed by atoms with Crippen molar-refractivity contribution in [3.05, 3.63) is 34.7 Å². The summed E-state index contributed by atoms with van der Waals surface area (Å²) in [5, 5.41) is 12.0. The fraction of sp³-hybridized carbons (Fsp3) is 0.400. The van der Waals surface area contributed by atoms with Gasteiger partial charge in [-0.1, -0.05) is 6.92 Å². The summed E-state index contributed by atoms with van der Waals surface area (Å²) in [4.78, 5) is 11.3. The molecule has 0 saturated carbocycles. The predicted molar refractivity (Wildman–Crippen MR) is 84.8 cm³/mol. The SMILES string of the molecule is CCc1cc2c(NC3CCc4[nH]ncc4C3)ncnc2s1. The van der Waals surface area contributed by atoms with Crippen molar-refractivity contribution in [3.63, 3.8) is 0 Å². The second kappa shape index (κ2) is 5.11. The Bertz CT molecular complexity index is 775. The van der Waals surface area contributed by atoms with Crippen LogP contribution in [-0.4, -0.2) is 26.2 Å². The first kappa shape index (κ1) is 12.8. The summed E-state index contributed by atoms with van der Waals surface area (Å²) in [5.74, 6) is 0.966. The molecule has 0 radical (unpaired) electrons. The van der Waals surface area contributed by atoms with E-state index < -0.39 is 0 Å². The molecule has 2 N–H and O–H groups in total. The molecule has 5 nitrogen and oxygen atoms in total. The first-order chi connectivity index (χ1) is 10.3. The maximum Gasteiger partial charge on any atom is 0.138 e. The minimum absolute atomic E-state index is 0.415. The molecule has 4 rings (SSSR count). The van der Waals surface area contributed by atoms with Crippen LogP contribution in [0.15, 0.2) is 18.6 Å². The van der Waals surface area contributed by atoms with Crippen LogP contribution in [0.5, 0.6) is 0 Å². The summed E-state index contributed by atoms with van der Waals surface area (Å²) in [5.41, 5.74) is 2.60. The second-order valence-corrected chi connectivity index (χ2v) is 6.58. The summed E-state index contributed by atoms with van der Waals surface area (Å²) >= 11 is 1.76. The number of aromatic nitrogens is 4.